The van der Waals surface area contributed by atoms with Gasteiger partial charge in [-0.1, -0.05) is 11.6 Å². The first-order valence-corrected chi connectivity index (χ1v) is 5.88. The van der Waals surface area contributed by atoms with Gasteiger partial charge in [0.2, 0.25) is 0 Å². The van der Waals surface area contributed by atoms with Crippen LogP contribution in [0.1, 0.15) is 12.6 Å². The normalized spacial score (nSPS) is 11.7. The molecule has 0 spiro atoms. The largest absolute Gasteiger partial charge is 0.461 e. The molecular formula is C11H16ClN5O2. The fourth-order valence-corrected chi connectivity index (χ4v) is 1.34. The van der Waals surface area contributed by atoms with Crippen molar-refractivity contribution in [3.63, 3.8) is 0 Å². The zero-order valence-corrected chi connectivity index (χ0v) is 11.2. The number of carbonyl (C=O) groups excluding carboxylic acids is 1. The SMILES string of the molecule is CCOC(=O)/C(N)=C(\N)N(N)Cc1ccc(Cl)cn1. The fraction of sp³-hybridized carbons (Fsp3) is 0.273. The number of rotatable bonds is 5. The zero-order valence-electron chi connectivity index (χ0n) is 10.5. The number of hydrazine groups is 1. The average Bonchev–Trinajstić information content (AvgIpc) is 2.39. The summed E-state index contributed by atoms with van der Waals surface area (Å²) in [5, 5.41) is 1.63. The van der Waals surface area contributed by atoms with E-state index in [-0.39, 0.29) is 24.7 Å². The van der Waals surface area contributed by atoms with E-state index in [2.05, 4.69) is 4.98 Å². The van der Waals surface area contributed by atoms with E-state index < -0.39 is 5.97 Å². The summed E-state index contributed by atoms with van der Waals surface area (Å²) >= 11 is 5.71. The summed E-state index contributed by atoms with van der Waals surface area (Å²) in [5.74, 6) is 4.93. The maximum Gasteiger partial charge on any atom is 0.358 e. The van der Waals surface area contributed by atoms with Crippen LogP contribution in [0, 0.1) is 0 Å². The van der Waals surface area contributed by atoms with E-state index in [1.807, 2.05) is 0 Å². The van der Waals surface area contributed by atoms with Crippen LogP contribution in [0.4, 0.5) is 0 Å². The van der Waals surface area contributed by atoms with E-state index in [0.717, 1.165) is 5.01 Å². The van der Waals surface area contributed by atoms with Crippen LogP contribution in [-0.2, 0) is 16.1 Å². The Hall–Kier alpha value is -1.99. The standard InChI is InChI=1S/C11H16ClN5O2/c1-2-19-11(18)9(13)10(14)17(15)6-8-4-3-7(12)5-16-8/h3-5H,2,6,13-15H2,1H3/b10-9-. The predicted octanol–water partition coefficient (Wildman–Crippen LogP) is 0.0603. The molecule has 0 fully saturated rings. The van der Waals surface area contributed by atoms with E-state index >= 15 is 0 Å². The highest BCUT2D eigenvalue weighted by Gasteiger charge is 2.15. The first-order chi connectivity index (χ1) is 8.95. The predicted molar refractivity (Wildman–Crippen MR) is 71.0 cm³/mol. The van der Waals surface area contributed by atoms with Gasteiger partial charge in [0.05, 0.1) is 23.9 Å². The third kappa shape index (κ3) is 4.31. The quantitative estimate of drug-likeness (QED) is 0.303. The summed E-state index contributed by atoms with van der Waals surface area (Å²) in [4.78, 5) is 15.4. The molecule has 6 N–H and O–H groups in total. The summed E-state index contributed by atoms with van der Waals surface area (Å²) in [7, 11) is 0. The van der Waals surface area contributed by atoms with Crippen molar-refractivity contribution < 1.29 is 9.53 Å². The number of aromatic nitrogens is 1. The molecule has 0 saturated heterocycles. The lowest BCUT2D eigenvalue weighted by molar-refractivity contribution is -0.138. The van der Waals surface area contributed by atoms with E-state index in [9.17, 15) is 4.79 Å². The Bertz CT molecular complexity index is 474. The number of halogens is 1. The molecule has 104 valence electrons. The molecule has 7 nitrogen and oxygen atoms in total. The minimum atomic E-state index is -0.709. The molecule has 1 rings (SSSR count). The molecule has 0 saturated carbocycles. The van der Waals surface area contributed by atoms with Gasteiger partial charge in [-0.05, 0) is 19.1 Å². The van der Waals surface area contributed by atoms with Gasteiger partial charge in [0.1, 0.15) is 5.82 Å². The van der Waals surface area contributed by atoms with Gasteiger partial charge in [-0.25, -0.2) is 10.6 Å². The van der Waals surface area contributed by atoms with Crippen LogP contribution in [0.2, 0.25) is 5.02 Å². The number of esters is 1. The summed E-state index contributed by atoms with van der Waals surface area (Å²) in [6.45, 7) is 2.05. The van der Waals surface area contributed by atoms with Gasteiger partial charge in [-0.3, -0.25) is 9.99 Å². The zero-order chi connectivity index (χ0) is 14.4. The molecule has 0 amide bonds. The number of nitrogens with zero attached hydrogens (tertiary/aromatic N) is 2. The molecule has 19 heavy (non-hydrogen) atoms. The molecule has 0 aromatic carbocycles. The van der Waals surface area contributed by atoms with Crippen LogP contribution in [0.25, 0.3) is 0 Å². The van der Waals surface area contributed by atoms with Crippen LogP contribution < -0.4 is 17.3 Å². The summed E-state index contributed by atoms with van der Waals surface area (Å²) in [6, 6.07) is 3.36. The molecule has 1 heterocycles. The Morgan fingerprint density at radius 1 is 1.47 bits per heavy atom. The molecule has 0 bridgehead atoms. The second-order valence-electron chi connectivity index (χ2n) is 3.62. The highest BCUT2D eigenvalue weighted by atomic mass is 35.5. The van der Waals surface area contributed by atoms with E-state index in [1.165, 1.54) is 6.20 Å². The minimum Gasteiger partial charge on any atom is -0.461 e. The molecule has 1 aromatic rings. The van der Waals surface area contributed by atoms with E-state index in [1.54, 1.807) is 19.1 Å². The Kier molecular flexibility index (Phi) is 5.40. The second kappa shape index (κ2) is 6.81. The summed E-state index contributed by atoms with van der Waals surface area (Å²) in [6.07, 6.45) is 1.49. The molecule has 0 atom stereocenters. The minimum absolute atomic E-state index is 0.0739. The van der Waals surface area contributed by atoms with Gasteiger partial charge in [0.25, 0.3) is 0 Å². The number of nitrogens with two attached hydrogens (primary N) is 3. The molecule has 1 aromatic heterocycles. The summed E-state index contributed by atoms with van der Waals surface area (Å²) in [5.41, 5.74) is 11.6. The van der Waals surface area contributed by atoms with Gasteiger partial charge in [-0.15, -0.1) is 0 Å². The highest BCUT2D eigenvalue weighted by molar-refractivity contribution is 6.30. The molecule has 0 aliphatic rings. The van der Waals surface area contributed by atoms with E-state index in [0.29, 0.717) is 10.7 Å². The maximum absolute atomic E-state index is 11.4. The number of hydrogen-bond acceptors (Lipinski definition) is 7. The number of hydrogen-bond donors (Lipinski definition) is 3. The lowest BCUT2D eigenvalue weighted by atomic mass is 10.3. The first kappa shape index (κ1) is 15.1. The molecule has 0 aliphatic carbocycles. The highest BCUT2D eigenvalue weighted by Crippen LogP contribution is 2.08. The first-order valence-electron chi connectivity index (χ1n) is 5.50. The van der Waals surface area contributed by atoms with Gasteiger partial charge in [0.15, 0.2) is 5.70 Å². The third-order valence-electron chi connectivity index (χ3n) is 2.20. The van der Waals surface area contributed by atoms with E-state index in [4.69, 9.17) is 33.6 Å². The fourth-order valence-electron chi connectivity index (χ4n) is 1.23. The lowest BCUT2D eigenvalue weighted by Crippen LogP contribution is -2.38. The smallest absolute Gasteiger partial charge is 0.358 e. The van der Waals surface area contributed by atoms with Crippen LogP contribution in [0.3, 0.4) is 0 Å². The Labute approximate surface area is 115 Å². The molecule has 0 unspecified atom stereocenters. The average molecular weight is 286 g/mol. The molecule has 8 heteroatoms. The Morgan fingerprint density at radius 2 is 2.16 bits per heavy atom. The lowest BCUT2D eigenvalue weighted by Gasteiger charge is -2.19. The number of ether oxygens (including phenoxy) is 1. The van der Waals surface area contributed by atoms with Crippen molar-refractivity contribution in [2.24, 2.45) is 17.3 Å². The van der Waals surface area contributed by atoms with Gasteiger partial charge < -0.3 is 16.2 Å². The number of pyridine rings is 1. The van der Waals surface area contributed by atoms with Crippen molar-refractivity contribution in [3.05, 3.63) is 40.6 Å². The van der Waals surface area contributed by atoms with Crippen molar-refractivity contribution in [3.8, 4) is 0 Å². The van der Waals surface area contributed by atoms with Crippen LogP contribution in [-0.4, -0.2) is 22.6 Å². The van der Waals surface area contributed by atoms with Crippen molar-refractivity contribution in [1.82, 2.24) is 9.99 Å². The maximum atomic E-state index is 11.4. The topological polar surface area (TPSA) is 120 Å². The van der Waals surface area contributed by atoms with Gasteiger partial charge in [0, 0.05) is 6.20 Å². The Balaban J connectivity index is 2.76. The van der Waals surface area contributed by atoms with Crippen molar-refractivity contribution in [2.75, 3.05) is 6.61 Å². The third-order valence-corrected chi connectivity index (χ3v) is 2.43. The van der Waals surface area contributed by atoms with Crippen LogP contribution >= 0.6 is 11.6 Å². The molecular weight excluding hydrogens is 270 g/mol. The second-order valence-corrected chi connectivity index (χ2v) is 4.05. The summed E-state index contributed by atoms with van der Waals surface area (Å²) < 4.78 is 4.72. The monoisotopic (exact) mass is 285 g/mol. The van der Waals surface area contributed by atoms with Crippen molar-refractivity contribution >= 4 is 17.6 Å². The molecule has 0 aliphatic heterocycles. The van der Waals surface area contributed by atoms with Crippen LogP contribution in [0.5, 0.6) is 0 Å². The van der Waals surface area contributed by atoms with Gasteiger partial charge >= 0.3 is 5.97 Å². The number of carbonyl (C=O) groups is 1. The van der Waals surface area contributed by atoms with Crippen LogP contribution in [0.15, 0.2) is 29.8 Å². The van der Waals surface area contributed by atoms with Crippen molar-refractivity contribution in [2.45, 2.75) is 13.5 Å². The molecule has 0 radical (unpaired) electrons. The Morgan fingerprint density at radius 3 is 2.68 bits per heavy atom. The van der Waals surface area contributed by atoms with Crippen molar-refractivity contribution in [1.29, 1.82) is 0 Å². The van der Waals surface area contributed by atoms with Gasteiger partial charge in [-0.2, -0.15) is 0 Å².